The number of benzene rings is 1. The zero-order valence-electron chi connectivity index (χ0n) is 17.2. The van der Waals surface area contributed by atoms with Crippen LogP contribution in [-0.2, 0) is 4.74 Å². The monoisotopic (exact) mass is 397 g/mol. The number of hydrogen-bond donors (Lipinski definition) is 1. The van der Waals surface area contributed by atoms with E-state index in [0.29, 0.717) is 6.04 Å². The fourth-order valence-electron chi connectivity index (χ4n) is 4.15. The normalized spacial score (nSPS) is 23.3. The highest BCUT2D eigenvalue weighted by Gasteiger charge is 2.24. The predicted molar refractivity (Wildman–Crippen MR) is 116 cm³/mol. The van der Waals surface area contributed by atoms with E-state index in [1.807, 2.05) is 0 Å². The van der Waals surface area contributed by atoms with Crippen molar-refractivity contribution in [2.45, 2.75) is 57.6 Å². The third-order valence-corrected chi connectivity index (χ3v) is 5.69. The number of ether oxygens (including phenoxy) is 2. The van der Waals surface area contributed by atoms with E-state index in [1.54, 1.807) is 12.4 Å². The van der Waals surface area contributed by atoms with Crippen molar-refractivity contribution < 1.29 is 9.47 Å². The maximum absolute atomic E-state index is 6.46. The standard InChI is InChI=1S/C22H31N5O2/c1-2-3-21(23)26-16-4-6-18(7-5-16)29-20-15-17(27-10-12-28-13-11-27)14-19-22(20)25-9-8-24-19/h8-9,14-16,18H,2-7,10-13H2,1H3,(H2,23,26). The molecule has 1 aromatic carbocycles. The summed E-state index contributed by atoms with van der Waals surface area (Å²) in [4.78, 5) is 16.1. The molecule has 0 radical (unpaired) electrons. The van der Waals surface area contributed by atoms with Crippen LogP contribution in [0.3, 0.4) is 0 Å². The van der Waals surface area contributed by atoms with Crippen molar-refractivity contribution >= 4 is 22.6 Å². The van der Waals surface area contributed by atoms with Crippen molar-refractivity contribution in [3.05, 3.63) is 24.5 Å². The Labute approximate surface area is 172 Å². The van der Waals surface area contributed by atoms with Gasteiger partial charge in [-0.25, -0.2) is 4.98 Å². The summed E-state index contributed by atoms with van der Waals surface area (Å²) in [5.41, 5.74) is 8.84. The number of aliphatic imine (C=N–C) groups is 1. The zero-order valence-corrected chi connectivity index (χ0v) is 17.2. The third kappa shape index (κ3) is 4.96. The number of amidine groups is 1. The van der Waals surface area contributed by atoms with Crippen molar-refractivity contribution in [3.63, 3.8) is 0 Å². The van der Waals surface area contributed by atoms with Crippen LogP contribution in [0.15, 0.2) is 29.5 Å². The van der Waals surface area contributed by atoms with Gasteiger partial charge in [0.2, 0.25) is 0 Å². The lowest BCUT2D eigenvalue weighted by molar-refractivity contribution is 0.122. The second kappa shape index (κ2) is 9.39. The maximum Gasteiger partial charge on any atom is 0.149 e. The summed E-state index contributed by atoms with van der Waals surface area (Å²) in [7, 11) is 0. The van der Waals surface area contributed by atoms with E-state index >= 15 is 0 Å². The number of rotatable bonds is 6. The van der Waals surface area contributed by atoms with Crippen LogP contribution < -0.4 is 15.4 Å². The Morgan fingerprint density at radius 3 is 2.69 bits per heavy atom. The summed E-state index contributed by atoms with van der Waals surface area (Å²) >= 11 is 0. The van der Waals surface area contributed by atoms with E-state index in [-0.39, 0.29) is 6.10 Å². The number of hydrogen-bond acceptors (Lipinski definition) is 6. The molecule has 2 N–H and O–H groups in total. The van der Waals surface area contributed by atoms with E-state index in [9.17, 15) is 0 Å². The van der Waals surface area contributed by atoms with Gasteiger partial charge in [-0.1, -0.05) is 6.92 Å². The van der Waals surface area contributed by atoms with E-state index in [1.165, 1.54) is 0 Å². The molecule has 1 saturated heterocycles. The number of nitrogens with zero attached hydrogens (tertiary/aromatic N) is 4. The molecule has 29 heavy (non-hydrogen) atoms. The average molecular weight is 398 g/mol. The molecule has 1 aliphatic carbocycles. The second-order valence-corrected chi connectivity index (χ2v) is 7.89. The quantitative estimate of drug-likeness (QED) is 0.594. The minimum atomic E-state index is 0.180. The first-order valence-corrected chi connectivity index (χ1v) is 10.8. The third-order valence-electron chi connectivity index (χ3n) is 5.69. The summed E-state index contributed by atoms with van der Waals surface area (Å²) in [5.74, 6) is 1.62. The lowest BCUT2D eigenvalue weighted by Crippen LogP contribution is -2.36. The average Bonchev–Trinajstić information content (AvgIpc) is 2.76. The molecule has 2 aliphatic rings. The van der Waals surface area contributed by atoms with Crippen LogP contribution in [0.25, 0.3) is 11.0 Å². The van der Waals surface area contributed by atoms with Crippen LogP contribution in [0.5, 0.6) is 5.75 Å². The summed E-state index contributed by atoms with van der Waals surface area (Å²) in [6.07, 6.45) is 9.57. The Bertz CT molecular complexity index is 842. The Morgan fingerprint density at radius 2 is 1.93 bits per heavy atom. The second-order valence-electron chi connectivity index (χ2n) is 7.89. The van der Waals surface area contributed by atoms with E-state index in [4.69, 9.17) is 20.2 Å². The van der Waals surface area contributed by atoms with Crippen molar-refractivity contribution in [2.75, 3.05) is 31.2 Å². The lowest BCUT2D eigenvalue weighted by atomic mass is 9.93. The topological polar surface area (TPSA) is 85.9 Å². The van der Waals surface area contributed by atoms with Gasteiger partial charge in [0.25, 0.3) is 0 Å². The van der Waals surface area contributed by atoms with Gasteiger partial charge in [-0.15, -0.1) is 0 Å². The van der Waals surface area contributed by atoms with Gasteiger partial charge in [0.1, 0.15) is 11.3 Å². The molecule has 1 aliphatic heterocycles. The molecule has 0 unspecified atom stereocenters. The van der Waals surface area contributed by atoms with Gasteiger partial charge >= 0.3 is 0 Å². The van der Waals surface area contributed by atoms with Crippen molar-refractivity contribution in [2.24, 2.45) is 10.7 Å². The van der Waals surface area contributed by atoms with Gasteiger partial charge in [0, 0.05) is 43.7 Å². The van der Waals surface area contributed by atoms with Gasteiger partial charge < -0.3 is 20.1 Å². The highest BCUT2D eigenvalue weighted by atomic mass is 16.5. The molecule has 0 bridgehead atoms. The molecule has 7 heteroatoms. The molecule has 0 spiro atoms. The van der Waals surface area contributed by atoms with E-state index in [2.05, 4.69) is 33.9 Å². The number of morpholine rings is 1. The molecule has 7 nitrogen and oxygen atoms in total. The van der Waals surface area contributed by atoms with Gasteiger partial charge in [-0.3, -0.25) is 9.98 Å². The molecular weight excluding hydrogens is 366 g/mol. The van der Waals surface area contributed by atoms with Crippen LogP contribution in [0, 0.1) is 0 Å². The fraction of sp³-hybridized carbons (Fsp3) is 0.591. The van der Waals surface area contributed by atoms with Gasteiger partial charge in [0.15, 0.2) is 0 Å². The zero-order chi connectivity index (χ0) is 20.1. The number of anilines is 1. The molecule has 156 valence electrons. The van der Waals surface area contributed by atoms with Crippen molar-refractivity contribution in [1.29, 1.82) is 0 Å². The Morgan fingerprint density at radius 1 is 1.17 bits per heavy atom. The van der Waals surface area contributed by atoms with Crippen LogP contribution in [0.2, 0.25) is 0 Å². The molecule has 1 saturated carbocycles. The summed E-state index contributed by atoms with van der Waals surface area (Å²) in [6.45, 7) is 5.40. The lowest BCUT2D eigenvalue weighted by Gasteiger charge is -2.30. The van der Waals surface area contributed by atoms with Crippen LogP contribution in [-0.4, -0.2) is 54.3 Å². The maximum atomic E-state index is 6.46. The first-order chi connectivity index (χ1) is 14.2. The molecule has 1 aromatic heterocycles. The minimum Gasteiger partial charge on any atom is -0.488 e. The highest BCUT2D eigenvalue weighted by molar-refractivity contribution is 5.85. The van der Waals surface area contributed by atoms with Gasteiger partial charge in [-0.2, -0.15) is 0 Å². The minimum absolute atomic E-state index is 0.180. The molecule has 4 rings (SSSR count). The first-order valence-electron chi connectivity index (χ1n) is 10.8. The van der Waals surface area contributed by atoms with Gasteiger partial charge in [-0.05, 0) is 38.2 Å². The number of fused-ring (bicyclic) bond motifs is 1. The number of aromatic nitrogens is 2. The van der Waals surface area contributed by atoms with Crippen LogP contribution in [0.1, 0.15) is 45.4 Å². The van der Waals surface area contributed by atoms with Crippen molar-refractivity contribution in [3.8, 4) is 5.75 Å². The SMILES string of the molecule is CCCC(N)=NC1CCC(Oc2cc(N3CCOCC3)cc3nccnc23)CC1. The number of nitrogens with two attached hydrogens (primary N) is 1. The molecule has 0 atom stereocenters. The predicted octanol–water partition coefficient (Wildman–Crippen LogP) is 3.31. The van der Waals surface area contributed by atoms with E-state index in [0.717, 1.165) is 93.1 Å². The summed E-state index contributed by atoms with van der Waals surface area (Å²) in [6, 6.07) is 4.55. The fourth-order valence-corrected chi connectivity index (χ4v) is 4.15. The first kappa shape index (κ1) is 19.9. The van der Waals surface area contributed by atoms with Crippen LogP contribution in [0.4, 0.5) is 5.69 Å². The Hall–Kier alpha value is -2.41. The van der Waals surface area contributed by atoms with Gasteiger partial charge in [0.05, 0.1) is 36.7 Å². The molecule has 2 aromatic rings. The van der Waals surface area contributed by atoms with Crippen molar-refractivity contribution in [1.82, 2.24) is 9.97 Å². The Balaban J connectivity index is 1.48. The molecule has 0 amide bonds. The summed E-state index contributed by atoms with van der Waals surface area (Å²) < 4.78 is 12.0. The smallest absolute Gasteiger partial charge is 0.149 e. The highest BCUT2D eigenvalue weighted by Crippen LogP contribution is 2.33. The van der Waals surface area contributed by atoms with Crippen LogP contribution >= 0.6 is 0 Å². The molecular formula is C22H31N5O2. The molecule has 2 fully saturated rings. The Kier molecular flexibility index (Phi) is 6.44. The summed E-state index contributed by atoms with van der Waals surface area (Å²) in [5, 5.41) is 0. The largest absolute Gasteiger partial charge is 0.488 e. The van der Waals surface area contributed by atoms with E-state index < -0.39 is 0 Å². The molecule has 2 heterocycles.